The predicted molar refractivity (Wildman–Crippen MR) is 121 cm³/mol. The van der Waals surface area contributed by atoms with Gasteiger partial charge in [-0.05, 0) is 28.3 Å². The van der Waals surface area contributed by atoms with Crippen molar-refractivity contribution in [1.82, 2.24) is 5.32 Å². The minimum Gasteiger partial charge on any atom is -0.449 e. The molecule has 0 bridgehead atoms. The number of aldehydes is 1. The van der Waals surface area contributed by atoms with E-state index in [1.807, 2.05) is 36.4 Å². The van der Waals surface area contributed by atoms with Gasteiger partial charge in [0.2, 0.25) is 0 Å². The molecule has 4 rings (SSSR count). The topological polar surface area (TPSA) is 95.9 Å². The number of rotatable bonds is 7. The van der Waals surface area contributed by atoms with Crippen LogP contribution in [0, 0.1) is 0 Å². The number of amides is 1. The number of hydrogen-bond donors (Lipinski definition) is 3. The van der Waals surface area contributed by atoms with Crippen LogP contribution < -0.4 is 5.32 Å². The molecule has 0 fully saturated rings. The summed E-state index contributed by atoms with van der Waals surface area (Å²) in [6.45, 7) is -0.0822. The van der Waals surface area contributed by atoms with Gasteiger partial charge in [0.25, 0.3) is 0 Å². The molecule has 0 saturated carbocycles. The molecule has 3 aromatic carbocycles. The normalized spacial score (nSPS) is 14.2. The van der Waals surface area contributed by atoms with Crippen molar-refractivity contribution in [3.8, 4) is 11.1 Å². The molecular formula is C25H22ClNO5. The van der Waals surface area contributed by atoms with Gasteiger partial charge in [0.15, 0.2) is 0 Å². The van der Waals surface area contributed by atoms with Gasteiger partial charge in [-0.15, -0.1) is 0 Å². The van der Waals surface area contributed by atoms with E-state index in [0.29, 0.717) is 11.8 Å². The standard InChI is InChI=1S/C25H22ClNO5/c26-22-11-15(13-28)9-10-20(22)24(30)23(29)12-27-25(31)32-14-21-18-7-3-1-5-16(18)17-6-2-4-8-19(17)21/h1-11,13,21,23-24,29-30H,12,14H2,(H,27,31). The quantitative estimate of drug-likeness (QED) is 0.470. The number of benzene rings is 3. The summed E-state index contributed by atoms with van der Waals surface area (Å²) in [4.78, 5) is 23.1. The Hall–Kier alpha value is -3.19. The molecular weight excluding hydrogens is 430 g/mol. The highest BCUT2D eigenvalue weighted by atomic mass is 35.5. The minimum absolute atomic E-state index is 0.0706. The van der Waals surface area contributed by atoms with Crippen LogP contribution in [0.3, 0.4) is 0 Å². The van der Waals surface area contributed by atoms with Crippen LogP contribution in [0.5, 0.6) is 0 Å². The van der Waals surface area contributed by atoms with Gasteiger partial charge in [-0.25, -0.2) is 4.79 Å². The molecule has 7 heteroatoms. The Bertz CT molecular complexity index is 1100. The zero-order valence-electron chi connectivity index (χ0n) is 17.1. The Kier molecular flexibility index (Phi) is 6.55. The summed E-state index contributed by atoms with van der Waals surface area (Å²) in [6.07, 6.45) is -2.70. The molecule has 1 aliphatic rings. The Morgan fingerprint density at radius 2 is 1.66 bits per heavy atom. The third-order valence-electron chi connectivity index (χ3n) is 5.64. The number of nitrogens with one attached hydrogen (secondary N) is 1. The lowest BCUT2D eigenvalue weighted by Crippen LogP contribution is -2.36. The summed E-state index contributed by atoms with van der Waals surface area (Å²) >= 11 is 6.07. The second kappa shape index (κ2) is 9.53. The van der Waals surface area contributed by atoms with Gasteiger partial charge in [0.1, 0.15) is 25.1 Å². The summed E-state index contributed by atoms with van der Waals surface area (Å²) in [5.74, 6) is -0.0706. The van der Waals surface area contributed by atoms with E-state index in [1.54, 1.807) is 0 Å². The molecule has 2 atom stereocenters. The number of fused-ring (bicyclic) bond motifs is 3. The third kappa shape index (κ3) is 4.39. The van der Waals surface area contributed by atoms with Gasteiger partial charge in [-0.3, -0.25) is 4.79 Å². The first kappa shape index (κ1) is 22.0. The maximum Gasteiger partial charge on any atom is 0.407 e. The van der Waals surface area contributed by atoms with Gasteiger partial charge in [-0.2, -0.15) is 0 Å². The van der Waals surface area contributed by atoms with Crippen LogP contribution in [0.4, 0.5) is 4.79 Å². The number of aliphatic hydroxyl groups excluding tert-OH is 2. The lowest BCUT2D eigenvalue weighted by atomic mass is 9.98. The zero-order valence-corrected chi connectivity index (χ0v) is 17.8. The SMILES string of the molecule is O=Cc1ccc(C(O)C(O)CNC(=O)OCC2c3ccccc3-c3ccccc32)c(Cl)c1. The number of halogens is 1. The molecule has 0 spiro atoms. The van der Waals surface area contributed by atoms with E-state index in [1.165, 1.54) is 18.2 Å². The highest BCUT2D eigenvalue weighted by Gasteiger charge is 2.29. The van der Waals surface area contributed by atoms with Crippen molar-refractivity contribution in [2.75, 3.05) is 13.2 Å². The van der Waals surface area contributed by atoms with Crippen LogP contribution in [-0.2, 0) is 4.74 Å². The summed E-state index contributed by atoms with van der Waals surface area (Å²) in [6, 6.07) is 20.4. The van der Waals surface area contributed by atoms with Crippen LogP contribution in [0.15, 0.2) is 66.7 Å². The van der Waals surface area contributed by atoms with Crippen molar-refractivity contribution in [1.29, 1.82) is 0 Å². The Labute approximate surface area is 190 Å². The monoisotopic (exact) mass is 451 g/mol. The molecule has 0 heterocycles. The van der Waals surface area contributed by atoms with Crippen LogP contribution in [0.25, 0.3) is 11.1 Å². The summed E-state index contributed by atoms with van der Waals surface area (Å²) in [5, 5.41) is 23.2. The third-order valence-corrected chi connectivity index (χ3v) is 5.97. The maximum atomic E-state index is 12.2. The van der Waals surface area contributed by atoms with Crippen molar-refractivity contribution in [3.63, 3.8) is 0 Å². The van der Waals surface area contributed by atoms with E-state index in [9.17, 15) is 19.8 Å². The Balaban J connectivity index is 1.34. The molecule has 6 nitrogen and oxygen atoms in total. The molecule has 0 aromatic heterocycles. The molecule has 3 N–H and O–H groups in total. The van der Waals surface area contributed by atoms with Crippen LogP contribution in [-0.4, -0.2) is 41.8 Å². The molecule has 2 unspecified atom stereocenters. The molecule has 1 amide bonds. The lowest BCUT2D eigenvalue weighted by molar-refractivity contribution is 0.0186. The number of alkyl carbamates (subject to hydrolysis) is 1. The van der Waals surface area contributed by atoms with Crippen molar-refractivity contribution in [3.05, 3.63) is 94.0 Å². The van der Waals surface area contributed by atoms with E-state index in [0.717, 1.165) is 22.3 Å². The first-order valence-electron chi connectivity index (χ1n) is 10.2. The molecule has 32 heavy (non-hydrogen) atoms. The van der Waals surface area contributed by atoms with Crippen LogP contribution >= 0.6 is 11.6 Å². The number of aliphatic hydroxyl groups is 2. The first-order chi connectivity index (χ1) is 15.5. The summed E-state index contributed by atoms with van der Waals surface area (Å²) in [5.41, 5.74) is 5.09. The average Bonchev–Trinajstić information content (AvgIpc) is 3.14. The minimum atomic E-state index is -1.34. The fourth-order valence-corrected chi connectivity index (χ4v) is 4.31. The van der Waals surface area contributed by atoms with Gasteiger partial charge in [-0.1, -0.05) is 72.3 Å². The van der Waals surface area contributed by atoms with Gasteiger partial charge in [0.05, 0.1) is 0 Å². The second-order valence-corrected chi connectivity index (χ2v) is 8.02. The molecule has 164 valence electrons. The zero-order chi connectivity index (χ0) is 22.7. The Morgan fingerprint density at radius 3 is 2.25 bits per heavy atom. The number of carbonyl (C=O) groups is 2. The van der Waals surface area contributed by atoms with Gasteiger partial charge < -0.3 is 20.3 Å². The number of ether oxygens (including phenoxy) is 1. The van der Waals surface area contributed by atoms with Crippen LogP contribution in [0.2, 0.25) is 5.02 Å². The smallest absolute Gasteiger partial charge is 0.407 e. The molecule has 0 saturated heterocycles. The van der Waals surface area contributed by atoms with Crippen molar-refractivity contribution in [2.45, 2.75) is 18.1 Å². The number of hydrogen-bond acceptors (Lipinski definition) is 5. The largest absolute Gasteiger partial charge is 0.449 e. The van der Waals surface area contributed by atoms with Crippen molar-refractivity contribution < 1.29 is 24.5 Å². The average molecular weight is 452 g/mol. The van der Waals surface area contributed by atoms with E-state index < -0.39 is 18.3 Å². The Morgan fingerprint density at radius 1 is 1.03 bits per heavy atom. The summed E-state index contributed by atoms with van der Waals surface area (Å²) < 4.78 is 5.42. The molecule has 0 radical (unpaired) electrons. The second-order valence-electron chi connectivity index (χ2n) is 7.62. The maximum absolute atomic E-state index is 12.2. The van der Waals surface area contributed by atoms with E-state index >= 15 is 0 Å². The first-order valence-corrected chi connectivity index (χ1v) is 10.6. The fraction of sp³-hybridized carbons (Fsp3) is 0.200. The van der Waals surface area contributed by atoms with Gasteiger partial charge >= 0.3 is 6.09 Å². The van der Waals surface area contributed by atoms with E-state index in [-0.39, 0.29) is 29.7 Å². The summed E-state index contributed by atoms with van der Waals surface area (Å²) in [7, 11) is 0. The predicted octanol–water partition coefficient (Wildman–Crippen LogP) is 4.09. The molecule has 3 aromatic rings. The van der Waals surface area contributed by atoms with Gasteiger partial charge in [0, 0.05) is 28.6 Å². The molecule has 0 aliphatic heterocycles. The van der Waals surface area contributed by atoms with E-state index in [2.05, 4.69) is 17.4 Å². The fourth-order valence-electron chi connectivity index (χ4n) is 4.01. The highest BCUT2D eigenvalue weighted by molar-refractivity contribution is 6.31. The van der Waals surface area contributed by atoms with Crippen molar-refractivity contribution >= 4 is 24.0 Å². The van der Waals surface area contributed by atoms with Crippen LogP contribution in [0.1, 0.15) is 39.1 Å². The number of carbonyl (C=O) groups excluding carboxylic acids is 2. The lowest BCUT2D eigenvalue weighted by Gasteiger charge is -2.20. The molecule has 1 aliphatic carbocycles. The van der Waals surface area contributed by atoms with Crippen molar-refractivity contribution in [2.24, 2.45) is 0 Å². The van der Waals surface area contributed by atoms with E-state index in [4.69, 9.17) is 16.3 Å². The highest BCUT2D eigenvalue weighted by Crippen LogP contribution is 2.44.